The quantitative estimate of drug-likeness (QED) is 0.600. The van der Waals surface area contributed by atoms with Crippen LogP contribution in [0.3, 0.4) is 0 Å². The maximum Gasteiger partial charge on any atom is 0.282 e. The molecule has 0 aromatic heterocycles. The van der Waals surface area contributed by atoms with E-state index in [1.165, 1.54) is 16.2 Å². The third kappa shape index (κ3) is 5.28. The van der Waals surface area contributed by atoms with Crippen LogP contribution in [0, 0.1) is 0 Å². The number of likely N-dealkylation sites (N-methyl/N-ethyl adjacent to an activating group) is 1. The smallest absolute Gasteiger partial charge is 0.282 e. The molecule has 2 atom stereocenters. The Hall–Kier alpha value is -3.11. The lowest BCUT2D eigenvalue weighted by Gasteiger charge is -2.25. The van der Waals surface area contributed by atoms with E-state index in [-0.39, 0.29) is 11.9 Å². The summed E-state index contributed by atoms with van der Waals surface area (Å²) in [6.45, 7) is 5.84. The van der Waals surface area contributed by atoms with E-state index in [4.69, 9.17) is 0 Å². The van der Waals surface area contributed by atoms with Crippen molar-refractivity contribution >= 4 is 17.3 Å². The summed E-state index contributed by atoms with van der Waals surface area (Å²) in [7, 11) is 4.08. The van der Waals surface area contributed by atoms with Crippen molar-refractivity contribution < 1.29 is 9.69 Å². The molecule has 0 aliphatic heterocycles. The predicted octanol–water partition coefficient (Wildman–Crippen LogP) is 3.85. The molecule has 2 N–H and O–H groups in total. The van der Waals surface area contributed by atoms with E-state index >= 15 is 0 Å². The molecule has 0 saturated heterocycles. The summed E-state index contributed by atoms with van der Waals surface area (Å²) in [5, 5.41) is 3.17. The van der Waals surface area contributed by atoms with E-state index in [9.17, 15) is 4.79 Å². The first-order valence-electron chi connectivity index (χ1n) is 10.6. The molecule has 156 valence electrons. The molecule has 0 spiro atoms. The summed E-state index contributed by atoms with van der Waals surface area (Å²) in [5.74, 6) is 0.0418. The number of quaternary nitrogens is 1. The zero-order valence-electron chi connectivity index (χ0n) is 18.4. The van der Waals surface area contributed by atoms with Crippen molar-refractivity contribution in [3.05, 3.63) is 84.4 Å². The van der Waals surface area contributed by atoms with Crippen LogP contribution in [-0.4, -0.2) is 32.6 Å². The maximum atomic E-state index is 13.1. The minimum atomic E-state index is -0.160. The van der Waals surface area contributed by atoms with Gasteiger partial charge < -0.3 is 15.1 Å². The van der Waals surface area contributed by atoms with Gasteiger partial charge in [0.1, 0.15) is 6.54 Å². The second-order valence-electron chi connectivity index (χ2n) is 7.87. The van der Waals surface area contributed by atoms with Crippen LogP contribution in [0.4, 0.5) is 11.4 Å². The summed E-state index contributed by atoms with van der Waals surface area (Å²) in [5.41, 5.74) is 5.41. The van der Waals surface area contributed by atoms with Crippen molar-refractivity contribution in [3.63, 3.8) is 0 Å². The van der Waals surface area contributed by atoms with E-state index in [1.54, 1.807) is 0 Å². The molecule has 3 rings (SSSR count). The van der Waals surface area contributed by atoms with Crippen LogP contribution in [0.5, 0.6) is 0 Å². The average molecular weight is 403 g/mol. The van der Waals surface area contributed by atoms with Gasteiger partial charge in [-0.05, 0) is 37.6 Å². The van der Waals surface area contributed by atoms with Crippen LogP contribution in [0.25, 0.3) is 11.1 Å². The van der Waals surface area contributed by atoms with Gasteiger partial charge in [0.2, 0.25) is 0 Å². The van der Waals surface area contributed by atoms with Gasteiger partial charge in [-0.2, -0.15) is 0 Å². The van der Waals surface area contributed by atoms with E-state index < -0.39 is 0 Å². The molecule has 4 heteroatoms. The van der Waals surface area contributed by atoms with E-state index in [1.807, 2.05) is 63.5 Å². The van der Waals surface area contributed by atoms with Gasteiger partial charge in [-0.1, -0.05) is 60.7 Å². The molecule has 3 aromatic carbocycles. The number of nitrogens with one attached hydrogen (secondary N) is 2. The Morgan fingerprint density at radius 3 is 2.20 bits per heavy atom. The van der Waals surface area contributed by atoms with Crippen molar-refractivity contribution in [2.24, 2.45) is 0 Å². The lowest BCUT2D eigenvalue weighted by atomic mass is 10.0. The average Bonchev–Trinajstić information content (AvgIpc) is 2.78. The highest BCUT2D eigenvalue weighted by Crippen LogP contribution is 2.27. The SMILES string of the molecule is CC[NH+](Cc1ccc(N(C)C)cc1)[C@H](C)C(=O)Nc1ccccc1-c1ccccc1. The van der Waals surface area contributed by atoms with Gasteiger partial charge in [-0.3, -0.25) is 4.79 Å². The molecule has 0 aliphatic carbocycles. The minimum absolute atomic E-state index is 0.0418. The number of anilines is 2. The third-order valence-corrected chi connectivity index (χ3v) is 5.61. The highest BCUT2D eigenvalue weighted by molar-refractivity contribution is 5.97. The number of hydrogen-bond donors (Lipinski definition) is 2. The minimum Gasteiger partial charge on any atom is -0.378 e. The van der Waals surface area contributed by atoms with E-state index in [0.717, 1.165) is 29.9 Å². The number of amides is 1. The number of hydrogen-bond acceptors (Lipinski definition) is 2. The van der Waals surface area contributed by atoms with Crippen LogP contribution in [0.2, 0.25) is 0 Å². The summed E-state index contributed by atoms with van der Waals surface area (Å²) >= 11 is 0. The van der Waals surface area contributed by atoms with Crippen LogP contribution in [0.1, 0.15) is 19.4 Å². The molecule has 1 unspecified atom stereocenters. The Balaban J connectivity index is 1.72. The first-order valence-corrected chi connectivity index (χ1v) is 10.6. The Kier molecular flexibility index (Phi) is 7.26. The predicted molar refractivity (Wildman–Crippen MR) is 126 cm³/mol. The van der Waals surface area contributed by atoms with Gasteiger partial charge in [0.05, 0.1) is 6.54 Å². The second-order valence-corrected chi connectivity index (χ2v) is 7.87. The molecule has 0 radical (unpaired) electrons. The summed E-state index contributed by atoms with van der Waals surface area (Å²) in [6.07, 6.45) is 0. The van der Waals surface area contributed by atoms with Crippen LogP contribution in [0.15, 0.2) is 78.9 Å². The number of benzene rings is 3. The first kappa shape index (κ1) is 21.6. The maximum absolute atomic E-state index is 13.1. The van der Waals surface area contributed by atoms with E-state index in [2.05, 4.69) is 53.5 Å². The Morgan fingerprint density at radius 2 is 1.57 bits per heavy atom. The van der Waals surface area contributed by atoms with E-state index in [0.29, 0.717) is 0 Å². The topological polar surface area (TPSA) is 36.8 Å². The molecule has 0 bridgehead atoms. The molecule has 0 saturated carbocycles. The lowest BCUT2D eigenvalue weighted by Crippen LogP contribution is -3.15. The monoisotopic (exact) mass is 402 g/mol. The molecule has 3 aromatic rings. The first-order chi connectivity index (χ1) is 14.5. The molecular weight excluding hydrogens is 370 g/mol. The molecule has 0 aliphatic rings. The standard InChI is InChI=1S/C26H31N3O/c1-5-29(19-21-15-17-23(18-16-21)28(3)4)20(2)26(30)27-25-14-10-9-13-24(25)22-11-7-6-8-12-22/h6-18,20H,5,19H2,1-4H3,(H,27,30)/p+1/t20-/m1/s1. The van der Waals surface area contributed by atoms with Gasteiger partial charge in [-0.15, -0.1) is 0 Å². The van der Waals surface area contributed by atoms with Gasteiger partial charge in [0.25, 0.3) is 5.91 Å². The highest BCUT2D eigenvalue weighted by Gasteiger charge is 2.24. The molecule has 30 heavy (non-hydrogen) atoms. The van der Waals surface area contributed by atoms with Gasteiger partial charge >= 0.3 is 0 Å². The summed E-state index contributed by atoms with van der Waals surface area (Å²) in [6, 6.07) is 26.5. The van der Waals surface area contributed by atoms with Crippen molar-refractivity contribution in [2.75, 3.05) is 30.9 Å². The molecule has 0 fully saturated rings. The fraction of sp³-hybridized carbons (Fsp3) is 0.269. The number of nitrogens with zero attached hydrogens (tertiary/aromatic N) is 1. The molecule has 0 heterocycles. The third-order valence-electron chi connectivity index (χ3n) is 5.61. The zero-order valence-corrected chi connectivity index (χ0v) is 18.4. The number of rotatable bonds is 8. The van der Waals surface area contributed by atoms with Crippen molar-refractivity contribution in [1.82, 2.24) is 0 Å². The Morgan fingerprint density at radius 1 is 0.933 bits per heavy atom. The second kappa shape index (κ2) is 10.1. The normalized spacial score (nSPS) is 12.8. The number of carbonyl (C=O) groups is 1. The molecular formula is C26H32N3O+. The summed E-state index contributed by atoms with van der Waals surface area (Å²) in [4.78, 5) is 16.4. The Labute approximate surface area is 180 Å². The van der Waals surface area contributed by atoms with Crippen molar-refractivity contribution in [3.8, 4) is 11.1 Å². The Bertz CT molecular complexity index is 952. The number of carbonyl (C=O) groups excluding carboxylic acids is 1. The van der Waals surface area contributed by atoms with Crippen LogP contribution in [-0.2, 0) is 11.3 Å². The van der Waals surface area contributed by atoms with Gasteiger partial charge in [0, 0.05) is 36.6 Å². The van der Waals surface area contributed by atoms with Gasteiger partial charge in [-0.25, -0.2) is 0 Å². The van der Waals surface area contributed by atoms with Crippen molar-refractivity contribution in [2.45, 2.75) is 26.4 Å². The number of para-hydroxylation sites is 1. The summed E-state index contributed by atoms with van der Waals surface area (Å²) < 4.78 is 0. The highest BCUT2D eigenvalue weighted by atomic mass is 16.2. The van der Waals surface area contributed by atoms with Gasteiger partial charge in [0.15, 0.2) is 6.04 Å². The zero-order chi connectivity index (χ0) is 21.5. The lowest BCUT2D eigenvalue weighted by molar-refractivity contribution is -0.925. The fourth-order valence-corrected chi connectivity index (χ4v) is 3.65. The molecule has 1 amide bonds. The van der Waals surface area contributed by atoms with Crippen LogP contribution < -0.4 is 15.1 Å². The van der Waals surface area contributed by atoms with Crippen LogP contribution >= 0.6 is 0 Å². The fourth-order valence-electron chi connectivity index (χ4n) is 3.65. The molecule has 4 nitrogen and oxygen atoms in total. The van der Waals surface area contributed by atoms with Crippen molar-refractivity contribution in [1.29, 1.82) is 0 Å². The largest absolute Gasteiger partial charge is 0.378 e.